The first-order chi connectivity index (χ1) is 9.91. The van der Waals surface area contributed by atoms with E-state index >= 15 is 0 Å². The summed E-state index contributed by atoms with van der Waals surface area (Å²) in [7, 11) is -3.07. The fraction of sp³-hybridized carbons (Fsp3) is 0.929. The molecule has 1 N–H and O–H groups in total. The first-order valence-electron chi connectivity index (χ1n) is 7.73. The molecule has 0 radical (unpaired) electrons. The van der Waals surface area contributed by atoms with Crippen molar-refractivity contribution in [3.63, 3.8) is 0 Å². The highest BCUT2D eigenvalue weighted by Crippen LogP contribution is 2.01. The van der Waals surface area contributed by atoms with Crippen molar-refractivity contribution < 1.29 is 17.9 Å². The highest BCUT2D eigenvalue weighted by Gasteiger charge is 2.12. The molecule has 0 aromatic carbocycles. The molecule has 0 rings (SSSR count). The Labute approximate surface area is 129 Å². The summed E-state index contributed by atoms with van der Waals surface area (Å²) < 4.78 is 29.1. The van der Waals surface area contributed by atoms with Crippen LogP contribution in [0.2, 0.25) is 0 Å². The topological polar surface area (TPSA) is 75.7 Å². The summed E-state index contributed by atoms with van der Waals surface area (Å²) in [6, 6.07) is 0. The molecular weight excluding hydrogens is 292 g/mol. The van der Waals surface area contributed by atoms with E-state index in [0.29, 0.717) is 26.1 Å². The zero-order valence-electron chi connectivity index (χ0n) is 13.6. The Morgan fingerprint density at radius 1 is 1.10 bits per heavy atom. The summed E-state index contributed by atoms with van der Waals surface area (Å²) in [5.74, 6) is -0.120. The van der Waals surface area contributed by atoms with Gasteiger partial charge in [0.15, 0.2) is 0 Å². The third-order valence-electron chi connectivity index (χ3n) is 3.12. The number of hydrogen-bond acceptors (Lipinski definition) is 5. The van der Waals surface area contributed by atoms with E-state index in [1.165, 1.54) is 10.6 Å². The second-order valence-electron chi connectivity index (χ2n) is 4.97. The SMILES string of the molecule is CCOC(=O)CCCCCNCCCN(CC)S(C)(=O)=O. The number of nitrogens with zero attached hydrogens (tertiary/aromatic N) is 1. The van der Waals surface area contributed by atoms with Crippen LogP contribution in [0.4, 0.5) is 0 Å². The predicted octanol–water partition coefficient (Wildman–Crippen LogP) is 1.37. The van der Waals surface area contributed by atoms with Crippen LogP contribution < -0.4 is 5.32 Å². The number of hydrogen-bond donors (Lipinski definition) is 1. The Kier molecular flexibility index (Phi) is 11.6. The number of rotatable bonds is 13. The van der Waals surface area contributed by atoms with Gasteiger partial charge in [-0.15, -0.1) is 0 Å². The lowest BCUT2D eigenvalue weighted by molar-refractivity contribution is -0.143. The molecule has 0 aromatic rings. The lowest BCUT2D eigenvalue weighted by Gasteiger charge is -2.17. The van der Waals surface area contributed by atoms with E-state index < -0.39 is 10.0 Å². The van der Waals surface area contributed by atoms with Crippen molar-refractivity contribution in [1.82, 2.24) is 9.62 Å². The summed E-state index contributed by atoms with van der Waals surface area (Å²) in [6.07, 6.45) is 5.42. The molecule has 0 aliphatic carbocycles. The molecule has 0 atom stereocenters. The van der Waals surface area contributed by atoms with Crippen LogP contribution >= 0.6 is 0 Å². The van der Waals surface area contributed by atoms with Gasteiger partial charge in [-0.25, -0.2) is 12.7 Å². The van der Waals surface area contributed by atoms with Crippen LogP contribution in [0, 0.1) is 0 Å². The van der Waals surface area contributed by atoms with Crippen molar-refractivity contribution in [3.8, 4) is 0 Å². The highest BCUT2D eigenvalue weighted by molar-refractivity contribution is 7.88. The van der Waals surface area contributed by atoms with Gasteiger partial charge in [-0.3, -0.25) is 4.79 Å². The average Bonchev–Trinajstić information content (AvgIpc) is 2.40. The maximum atomic E-state index is 11.4. The van der Waals surface area contributed by atoms with E-state index in [2.05, 4.69) is 5.32 Å². The van der Waals surface area contributed by atoms with E-state index in [9.17, 15) is 13.2 Å². The Balaban J connectivity index is 3.43. The number of ether oxygens (including phenoxy) is 1. The zero-order chi connectivity index (χ0) is 16.1. The van der Waals surface area contributed by atoms with Crippen LogP contribution in [0.1, 0.15) is 46.0 Å². The molecule has 0 aromatic heterocycles. The van der Waals surface area contributed by atoms with Crippen LogP contribution in [0.3, 0.4) is 0 Å². The maximum absolute atomic E-state index is 11.4. The summed E-state index contributed by atoms with van der Waals surface area (Å²) in [5, 5.41) is 3.29. The number of nitrogens with one attached hydrogen (secondary N) is 1. The van der Waals surface area contributed by atoms with Gasteiger partial charge in [0.05, 0.1) is 12.9 Å². The molecule has 7 heteroatoms. The van der Waals surface area contributed by atoms with Gasteiger partial charge >= 0.3 is 5.97 Å². The predicted molar refractivity (Wildman–Crippen MR) is 84.7 cm³/mol. The Hall–Kier alpha value is -0.660. The van der Waals surface area contributed by atoms with Gasteiger partial charge in [0, 0.05) is 19.5 Å². The second-order valence-corrected chi connectivity index (χ2v) is 6.96. The summed E-state index contributed by atoms with van der Waals surface area (Å²) in [4.78, 5) is 11.1. The minimum Gasteiger partial charge on any atom is -0.466 e. The lowest BCUT2D eigenvalue weighted by atomic mass is 10.2. The Morgan fingerprint density at radius 2 is 1.76 bits per heavy atom. The third kappa shape index (κ3) is 11.7. The zero-order valence-corrected chi connectivity index (χ0v) is 14.4. The summed E-state index contributed by atoms with van der Waals surface area (Å²) >= 11 is 0. The van der Waals surface area contributed by atoms with Crippen LogP contribution in [0.25, 0.3) is 0 Å². The van der Waals surface area contributed by atoms with Crippen LogP contribution in [0.5, 0.6) is 0 Å². The van der Waals surface area contributed by atoms with Gasteiger partial charge in [0.2, 0.25) is 10.0 Å². The maximum Gasteiger partial charge on any atom is 0.305 e. The molecule has 6 nitrogen and oxygen atoms in total. The van der Waals surface area contributed by atoms with Crippen LogP contribution in [0.15, 0.2) is 0 Å². The molecule has 126 valence electrons. The van der Waals surface area contributed by atoms with Gasteiger partial charge < -0.3 is 10.1 Å². The smallest absolute Gasteiger partial charge is 0.305 e. The molecular formula is C14H30N2O4S. The van der Waals surface area contributed by atoms with Crippen molar-refractivity contribution in [2.45, 2.75) is 46.0 Å². The molecule has 0 amide bonds. The first kappa shape index (κ1) is 20.3. The number of sulfonamides is 1. The molecule has 0 spiro atoms. The fourth-order valence-electron chi connectivity index (χ4n) is 1.99. The minimum atomic E-state index is -3.07. The molecule has 0 saturated carbocycles. The largest absolute Gasteiger partial charge is 0.466 e. The van der Waals surface area contributed by atoms with Gasteiger partial charge in [-0.1, -0.05) is 13.3 Å². The summed E-state index contributed by atoms with van der Waals surface area (Å²) in [6.45, 7) is 6.89. The quantitative estimate of drug-likeness (QED) is 0.409. The van der Waals surface area contributed by atoms with E-state index in [-0.39, 0.29) is 5.97 Å². The number of unbranched alkanes of at least 4 members (excludes halogenated alkanes) is 2. The van der Waals surface area contributed by atoms with Crippen molar-refractivity contribution in [1.29, 1.82) is 0 Å². The fourth-order valence-corrected chi connectivity index (χ4v) is 2.92. The van der Waals surface area contributed by atoms with E-state index in [1.807, 2.05) is 13.8 Å². The van der Waals surface area contributed by atoms with Crippen LogP contribution in [-0.4, -0.2) is 57.7 Å². The second kappa shape index (κ2) is 11.9. The molecule has 0 unspecified atom stereocenters. The van der Waals surface area contributed by atoms with E-state index in [0.717, 1.165) is 38.8 Å². The number of esters is 1. The first-order valence-corrected chi connectivity index (χ1v) is 9.58. The highest BCUT2D eigenvalue weighted by atomic mass is 32.2. The molecule has 0 aliphatic heterocycles. The molecule has 0 heterocycles. The molecule has 0 aliphatic rings. The average molecular weight is 322 g/mol. The molecule has 0 saturated heterocycles. The van der Waals surface area contributed by atoms with Crippen molar-refractivity contribution in [2.75, 3.05) is 39.0 Å². The number of carbonyl (C=O) groups excluding carboxylic acids is 1. The molecule has 0 bridgehead atoms. The Bertz CT molecular complexity index is 371. The minimum absolute atomic E-state index is 0.120. The van der Waals surface area contributed by atoms with Crippen molar-refractivity contribution >= 4 is 16.0 Å². The number of carbonyl (C=O) groups is 1. The Morgan fingerprint density at radius 3 is 2.33 bits per heavy atom. The summed E-state index contributed by atoms with van der Waals surface area (Å²) in [5.41, 5.74) is 0. The van der Waals surface area contributed by atoms with Gasteiger partial charge in [0.25, 0.3) is 0 Å². The van der Waals surface area contributed by atoms with E-state index in [1.54, 1.807) is 0 Å². The van der Waals surface area contributed by atoms with Gasteiger partial charge in [0.1, 0.15) is 0 Å². The van der Waals surface area contributed by atoms with Gasteiger partial charge in [-0.05, 0) is 39.3 Å². The van der Waals surface area contributed by atoms with Crippen molar-refractivity contribution in [3.05, 3.63) is 0 Å². The standard InChI is InChI=1S/C14H30N2O4S/c1-4-16(21(3,18)19)13-9-12-15-11-8-6-7-10-14(17)20-5-2/h15H,4-13H2,1-3H3. The van der Waals surface area contributed by atoms with Gasteiger partial charge in [-0.2, -0.15) is 0 Å². The molecule has 0 fully saturated rings. The third-order valence-corrected chi connectivity index (χ3v) is 4.50. The normalized spacial score (nSPS) is 11.8. The molecule has 21 heavy (non-hydrogen) atoms. The van der Waals surface area contributed by atoms with Crippen molar-refractivity contribution in [2.24, 2.45) is 0 Å². The lowest BCUT2D eigenvalue weighted by Crippen LogP contribution is -2.32. The van der Waals surface area contributed by atoms with Crippen LogP contribution in [-0.2, 0) is 19.6 Å². The van der Waals surface area contributed by atoms with E-state index in [4.69, 9.17) is 4.74 Å². The monoisotopic (exact) mass is 322 g/mol.